The Labute approximate surface area is 132 Å². The van der Waals surface area contributed by atoms with Crippen LogP contribution in [0.1, 0.15) is 16.7 Å². The molecule has 2 aromatic rings. The van der Waals surface area contributed by atoms with Gasteiger partial charge < -0.3 is 9.84 Å². The van der Waals surface area contributed by atoms with E-state index in [0.717, 1.165) is 11.1 Å². The van der Waals surface area contributed by atoms with E-state index in [1.165, 1.54) is 0 Å². The normalized spacial score (nSPS) is 11.4. The van der Waals surface area contributed by atoms with Crippen LogP contribution in [0.3, 0.4) is 0 Å². The van der Waals surface area contributed by atoms with Crippen molar-refractivity contribution in [1.29, 1.82) is 0 Å². The highest BCUT2D eigenvalue weighted by atomic mass is 35.6. The fourth-order valence-electron chi connectivity index (χ4n) is 1.93. The second kappa shape index (κ2) is 6.13. The maximum absolute atomic E-state index is 9.30. The molecular weight excluding hydrogens is 319 g/mol. The zero-order valence-electron chi connectivity index (χ0n) is 10.7. The average molecular weight is 332 g/mol. The SMILES string of the molecule is COc1ccc(Cc2ccc(O)cc2)c(C(Cl)(Cl)Cl)c1. The quantitative estimate of drug-likeness (QED) is 0.817. The lowest BCUT2D eigenvalue weighted by Gasteiger charge is -2.18. The molecule has 0 heterocycles. The first-order chi connectivity index (χ1) is 9.40. The Bertz CT molecular complexity index is 589. The summed E-state index contributed by atoms with van der Waals surface area (Å²) in [6, 6.07) is 12.4. The number of alkyl halides is 3. The van der Waals surface area contributed by atoms with Gasteiger partial charge in [-0.3, -0.25) is 0 Å². The summed E-state index contributed by atoms with van der Waals surface area (Å²) < 4.78 is 3.65. The van der Waals surface area contributed by atoms with E-state index in [9.17, 15) is 5.11 Å². The number of ether oxygens (including phenoxy) is 1. The number of aromatic hydroxyl groups is 1. The molecule has 20 heavy (non-hydrogen) atoms. The Balaban J connectivity index is 2.38. The molecule has 1 N–H and O–H groups in total. The summed E-state index contributed by atoms with van der Waals surface area (Å²) >= 11 is 18.1. The van der Waals surface area contributed by atoms with Crippen LogP contribution in [0.15, 0.2) is 42.5 Å². The van der Waals surface area contributed by atoms with Gasteiger partial charge in [-0.05, 0) is 41.8 Å². The molecule has 2 rings (SSSR count). The summed E-state index contributed by atoms with van der Waals surface area (Å²) in [6.45, 7) is 0. The van der Waals surface area contributed by atoms with Crippen molar-refractivity contribution >= 4 is 34.8 Å². The summed E-state index contributed by atoms with van der Waals surface area (Å²) in [5.74, 6) is 0.867. The molecule has 0 atom stereocenters. The molecular formula is C15H13Cl3O2. The van der Waals surface area contributed by atoms with E-state index in [0.29, 0.717) is 17.7 Å². The lowest BCUT2D eigenvalue weighted by Crippen LogP contribution is -2.06. The van der Waals surface area contributed by atoms with Crippen molar-refractivity contribution in [1.82, 2.24) is 0 Å². The van der Waals surface area contributed by atoms with Crippen LogP contribution in [-0.4, -0.2) is 12.2 Å². The first kappa shape index (κ1) is 15.3. The topological polar surface area (TPSA) is 29.5 Å². The first-order valence-electron chi connectivity index (χ1n) is 5.92. The minimum atomic E-state index is -1.51. The van der Waals surface area contributed by atoms with Gasteiger partial charge in [-0.15, -0.1) is 0 Å². The summed E-state index contributed by atoms with van der Waals surface area (Å²) in [7, 11) is 1.57. The molecule has 2 aromatic carbocycles. The van der Waals surface area contributed by atoms with E-state index in [1.807, 2.05) is 24.3 Å². The van der Waals surface area contributed by atoms with Gasteiger partial charge in [-0.2, -0.15) is 0 Å². The van der Waals surface area contributed by atoms with Gasteiger partial charge in [-0.25, -0.2) is 0 Å². The van der Waals surface area contributed by atoms with Gasteiger partial charge in [0, 0.05) is 5.56 Å². The molecule has 0 aliphatic rings. The maximum Gasteiger partial charge on any atom is 0.216 e. The van der Waals surface area contributed by atoms with E-state index in [1.54, 1.807) is 25.3 Å². The van der Waals surface area contributed by atoms with Crippen LogP contribution in [0.25, 0.3) is 0 Å². The number of methoxy groups -OCH3 is 1. The van der Waals surface area contributed by atoms with Gasteiger partial charge in [0.15, 0.2) is 0 Å². The monoisotopic (exact) mass is 330 g/mol. The Morgan fingerprint density at radius 2 is 1.70 bits per heavy atom. The summed E-state index contributed by atoms with van der Waals surface area (Å²) in [5, 5.41) is 9.30. The minimum Gasteiger partial charge on any atom is -0.508 e. The van der Waals surface area contributed by atoms with Gasteiger partial charge in [0.2, 0.25) is 3.79 Å². The summed E-state index contributed by atoms with van der Waals surface area (Å²) in [5.41, 5.74) is 2.51. The highest BCUT2D eigenvalue weighted by molar-refractivity contribution is 6.66. The van der Waals surface area contributed by atoms with Gasteiger partial charge in [0.25, 0.3) is 0 Å². The zero-order valence-corrected chi connectivity index (χ0v) is 13.0. The average Bonchev–Trinajstić information content (AvgIpc) is 2.40. The first-order valence-corrected chi connectivity index (χ1v) is 7.05. The van der Waals surface area contributed by atoms with Crippen molar-refractivity contribution in [3.8, 4) is 11.5 Å². The van der Waals surface area contributed by atoms with E-state index < -0.39 is 3.79 Å². The maximum atomic E-state index is 9.30. The Morgan fingerprint density at radius 1 is 1.05 bits per heavy atom. The third-order valence-electron chi connectivity index (χ3n) is 2.95. The third kappa shape index (κ3) is 3.72. The number of halogens is 3. The molecule has 0 radical (unpaired) electrons. The molecule has 5 heteroatoms. The Morgan fingerprint density at radius 3 is 2.25 bits per heavy atom. The summed E-state index contributed by atoms with van der Waals surface area (Å²) in [6.07, 6.45) is 0.605. The number of benzene rings is 2. The third-order valence-corrected chi connectivity index (χ3v) is 3.56. The molecule has 0 saturated heterocycles. The Kier molecular flexibility index (Phi) is 4.69. The Hall–Kier alpha value is -1.09. The van der Waals surface area contributed by atoms with Crippen LogP contribution in [0.2, 0.25) is 0 Å². The molecule has 2 nitrogen and oxygen atoms in total. The minimum absolute atomic E-state index is 0.227. The van der Waals surface area contributed by atoms with Crippen LogP contribution in [0.4, 0.5) is 0 Å². The van der Waals surface area contributed by atoms with Gasteiger partial charge in [0.1, 0.15) is 11.5 Å². The number of hydrogen-bond acceptors (Lipinski definition) is 2. The van der Waals surface area contributed by atoms with Crippen LogP contribution in [-0.2, 0) is 10.2 Å². The largest absolute Gasteiger partial charge is 0.508 e. The van der Waals surface area contributed by atoms with Crippen molar-refractivity contribution in [2.75, 3.05) is 7.11 Å². The van der Waals surface area contributed by atoms with Gasteiger partial charge in [-0.1, -0.05) is 53.0 Å². The standard InChI is InChI=1S/C15H13Cl3O2/c1-20-13-7-4-11(14(9-13)15(16,17)18)8-10-2-5-12(19)6-3-10/h2-7,9,19H,8H2,1H3. The van der Waals surface area contributed by atoms with Crippen molar-refractivity contribution in [3.63, 3.8) is 0 Å². The van der Waals surface area contributed by atoms with Crippen LogP contribution in [0.5, 0.6) is 11.5 Å². The number of phenols is 1. The predicted molar refractivity (Wildman–Crippen MR) is 83.1 cm³/mol. The molecule has 0 aliphatic carbocycles. The fourth-order valence-corrected chi connectivity index (χ4v) is 2.46. The molecule has 0 aliphatic heterocycles. The lowest BCUT2D eigenvalue weighted by atomic mass is 10.00. The molecule has 0 unspecified atom stereocenters. The van der Waals surface area contributed by atoms with Crippen molar-refractivity contribution < 1.29 is 9.84 Å². The van der Waals surface area contributed by atoms with Crippen LogP contribution >= 0.6 is 34.8 Å². The van der Waals surface area contributed by atoms with E-state index in [4.69, 9.17) is 39.5 Å². The summed E-state index contributed by atoms with van der Waals surface area (Å²) in [4.78, 5) is 0. The van der Waals surface area contributed by atoms with E-state index in [-0.39, 0.29) is 5.75 Å². The van der Waals surface area contributed by atoms with E-state index >= 15 is 0 Å². The van der Waals surface area contributed by atoms with Crippen molar-refractivity contribution in [2.24, 2.45) is 0 Å². The number of phenolic OH excluding ortho intramolecular Hbond substituents is 1. The highest BCUT2D eigenvalue weighted by Gasteiger charge is 2.26. The number of rotatable bonds is 3. The predicted octanol–water partition coefficient (Wildman–Crippen LogP) is 4.82. The molecule has 0 amide bonds. The lowest BCUT2D eigenvalue weighted by molar-refractivity contribution is 0.414. The molecule has 106 valence electrons. The van der Waals surface area contributed by atoms with Crippen LogP contribution < -0.4 is 4.74 Å². The van der Waals surface area contributed by atoms with Crippen molar-refractivity contribution in [3.05, 3.63) is 59.2 Å². The molecule has 0 saturated carbocycles. The van der Waals surface area contributed by atoms with Gasteiger partial charge >= 0.3 is 0 Å². The van der Waals surface area contributed by atoms with Gasteiger partial charge in [0.05, 0.1) is 7.11 Å². The molecule has 0 bridgehead atoms. The van der Waals surface area contributed by atoms with E-state index in [2.05, 4.69) is 0 Å². The highest BCUT2D eigenvalue weighted by Crippen LogP contribution is 2.42. The van der Waals surface area contributed by atoms with Crippen molar-refractivity contribution in [2.45, 2.75) is 10.2 Å². The smallest absolute Gasteiger partial charge is 0.216 e. The molecule has 0 aromatic heterocycles. The molecule has 0 spiro atoms. The fraction of sp³-hybridized carbons (Fsp3) is 0.200. The van der Waals surface area contributed by atoms with Crippen LogP contribution in [0, 0.1) is 0 Å². The zero-order chi connectivity index (χ0) is 14.8. The second-order valence-electron chi connectivity index (χ2n) is 4.36. The molecule has 0 fully saturated rings. The second-order valence-corrected chi connectivity index (χ2v) is 6.65. The number of hydrogen-bond donors (Lipinski definition) is 1.